The van der Waals surface area contributed by atoms with Crippen molar-refractivity contribution < 1.29 is 9.53 Å². The number of halogens is 1. The number of amides is 1. The van der Waals surface area contributed by atoms with Gasteiger partial charge in [0.05, 0.1) is 18.9 Å². The van der Waals surface area contributed by atoms with Gasteiger partial charge in [0.2, 0.25) is 0 Å². The second-order valence-electron chi connectivity index (χ2n) is 6.60. The molecule has 28 heavy (non-hydrogen) atoms. The molecule has 0 spiro atoms. The van der Waals surface area contributed by atoms with Crippen molar-refractivity contribution in [2.75, 3.05) is 31.6 Å². The number of H-pyrrole nitrogens is 1. The van der Waals surface area contributed by atoms with Gasteiger partial charge in [0.15, 0.2) is 0 Å². The first-order chi connectivity index (χ1) is 13.7. The van der Waals surface area contributed by atoms with Crippen LogP contribution in [0.2, 0.25) is 5.02 Å². The lowest BCUT2D eigenvalue weighted by molar-refractivity contribution is 0.0303. The number of aromatic amines is 1. The maximum atomic E-state index is 12.5. The molecule has 6 nitrogen and oxygen atoms in total. The Morgan fingerprint density at radius 2 is 1.82 bits per heavy atom. The summed E-state index contributed by atoms with van der Waals surface area (Å²) in [5.74, 6) is 0.0507. The first-order valence-electron chi connectivity index (χ1n) is 9.20. The van der Waals surface area contributed by atoms with Crippen LogP contribution >= 0.6 is 11.6 Å². The molecule has 3 aromatic rings. The van der Waals surface area contributed by atoms with Crippen molar-refractivity contribution in [2.24, 2.45) is 0 Å². The number of anilines is 1. The van der Waals surface area contributed by atoms with E-state index in [1.54, 1.807) is 0 Å². The minimum absolute atomic E-state index is 0.0507. The van der Waals surface area contributed by atoms with Crippen LogP contribution in [0.25, 0.3) is 11.3 Å². The largest absolute Gasteiger partial charge is 0.381 e. The molecule has 0 radical (unpaired) electrons. The van der Waals surface area contributed by atoms with Crippen molar-refractivity contribution in [3.05, 3.63) is 70.9 Å². The van der Waals surface area contributed by atoms with Crippen molar-refractivity contribution in [3.8, 4) is 11.3 Å². The highest BCUT2D eigenvalue weighted by Gasteiger charge is 2.18. The smallest absolute Gasteiger partial charge is 0.254 e. The summed E-state index contributed by atoms with van der Waals surface area (Å²) < 4.78 is 5.30. The zero-order valence-corrected chi connectivity index (χ0v) is 16.1. The number of rotatable bonds is 5. The van der Waals surface area contributed by atoms with Crippen molar-refractivity contribution in [3.63, 3.8) is 0 Å². The fourth-order valence-electron chi connectivity index (χ4n) is 3.18. The molecule has 2 N–H and O–H groups in total. The average molecular weight is 397 g/mol. The SMILES string of the molecule is O=C(c1ccc(NCc2c[nH]nc2-c2ccc(Cl)cc2)cc1)N1CCOCC1. The van der Waals surface area contributed by atoms with E-state index in [1.807, 2.05) is 59.6 Å². The maximum Gasteiger partial charge on any atom is 0.254 e. The Hall–Kier alpha value is -2.83. The molecule has 1 fully saturated rings. The molecule has 1 aliphatic heterocycles. The van der Waals surface area contributed by atoms with E-state index in [0.717, 1.165) is 22.5 Å². The Morgan fingerprint density at radius 3 is 2.54 bits per heavy atom. The Morgan fingerprint density at radius 1 is 1.11 bits per heavy atom. The van der Waals surface area contributed by atoms with Gasteiger partial charge in [0, 0.05) is 53.2 Å². The van der Waals surface area contributed by atoms with Crippen LogP contribution in [-0.4, -0.2) is 47.3 Å². The highest BCUT2D eigenvalue weighted by Crippen LogP contribution is 2.24. The molecule has 2 aromatic carbocycles. The Balaban J connectivity index is 1.40. The molecule has 0 unspecified atom stereocenters. The van der Waals surface area contributed by atoms with Crippen molar-refractivity contribution in [2.45, 2.75) is 6.54 Å². The molecule has 1 aromatic heterocycles. The monoisotopic (exact) mass is 396 g/mol. The summed E-state index contributed by atoms with van der Waals surface area (Å²) >= 11 is 5.96. The number of ether oxygens (including phenoxy) is 1. The van der Waals surface area contributed by atoms with Gasteiger partial charge in [-0.15, -0.1) is 0 Å². The van der Waals surface area contributed by atoms with E-state index in [9.17, 15) is 4.79 Å². The van der Waals surface area contributed by atoms with Gasteiger partial charge >= 0.3 is 0 Å². The lowest BCUT2D eigenvalue weighted by atomic mass is 10.1. The average Bonchev–Trinajstić information content (AvgIpc) is 3.22. The number of hydrogen-bond donors (Lipinski definition) is 2. The van der Waals surface area contributed by atoms with Gasteiger partial charge in [0.1, 0.15) is 0 Å². The van der Waals surface area contributed by atoms with Crippen LogP contribution in [0.15, 0.2) is 54.7 Å². The van der Waals surface area contributed by atoms with E-state index >= 15 is 0 Å². The highest BCUT2D eigenvalue weighted by atomic mass is 35.5. The second-order valence-corrected chi connectivity index (χ2v) is 7.04. The number of carbonyl (C=O) groups is 1. The third-order valence-electron chi connectivity index (χ3n) is 4.75. The van der Waals surface area contributed by atoms with Crippen molar-refractivity contribution >= 4 is 23.2 Å². The lowest BCUT2D eigenvalue weighted by Gasteiger charge is -2.26. The van der Waals surface area contributed by atoms with Gasteiger partial charge in [-0.05, 0) is 36.4 Å². The van der Waals surface area contributed by atoms with Crippen molar-refractivity contribution in [1.82, 2.24) is 15.1 Å². The van der Waals surface area contributed by atoms with Crippen LogP contribution in [0.3, 0.4) is 0 Å². The summed E-state index contributed by atoms with van der Waals surface area (Å²) in [4.78, 5) is 14.3. The molecule has 0 atom stereocenters. The third kappa shape index (κ3) is 4.18. The number of hydrogen-bond acceptors (Lipinski definition) is 4. The van der Waals surface area contributed by atoms with Crippen LogP contribution in [0.4, 0.5) is 5.69 Å². The fraction of sp³-hybridized carbons (Fsp3) is 0.238. The predicted molar refractivity (Wildman–Crippen MR) is 110 cm³/mol. The molecule has 1 saturated heterocycles. The molecular formula is C21H21ClN4O2. The quantitative estimate of drug-likeness (QED) is 0.688. The van der Waals surface area contributed by atoms with E-state index < -0.39 is 0 Å². The Bertz CT molecular complexity index is 932. The lowest BCUT2D eigenvalue weighted by Crippen LogP contribution is -2.40. The molecule has 0 aliphatic carbocycles. The summed E-state index contributed by atoms with van der Waals surface area (Å²) in [7, 11) is 0. The van der Waals surface area contributed by atoms with E-state index in [1.165, 1.54) is 0 Å². The number of nitrogens with zero attached hydrogens (tertiary/aromatic N) is 2. The molecule has 1 amide bonds. The molecule has 2 heterocycles. The van der Waals surface area contributed by atoms with Gasteiger partial charge in [-0.2, -0.15) is 5.10 Å². The minimum Gasteiger partial charge on any atom is -0.381 e. The van der Waals surface area contributed by atoms with Gasteiger partial charge in [-0.3, -0.25) is 9.89 Å². The number of benzene rings is 2. The Labute approximate surface area is 168 Å². The fourth-order valence-corrected chi connectivity index (χ4v) is 3.31. The minimum atomic E-state index is 0.0507. The zero-order chi connectivity index (χ0) is 19.3. The summed E-state index contributed by atoms with van der Waals surface area (Å²) in [6, 6.07) is 15.2. The van der Waals surface area contributed by atoms with Crippen molar-refractivity contribution in [1.29, 1.82) is 0 Å². The topological polar surface area (TPSA) is 70.2 Å². The Kier molecular flexibility index (Phi) is 5.60. The number of aromatic nitrogens is 2. The van der Waals surface area contributed by atoms with Crippen LogP contribution in [0.5, 0.6) is 0 Å². The summed E-state index contributed by atoms with van der Waals surface area (Å²) in [5, 5.41) is 11.4. The molecule has 0 bridgehead atoms. The normalized spacial score (nSPS) is 14.1. The first-order valence-corrected chi connectivity index (χ1v) is 9.58. The molecule has 1 aliphatic rings. The van der Waals surface area contributed by atoms with Crippen LogP contribution < -0.4 is 5.32 Å². The van der Waals surface area contributed by atoms with E-state index in [2.05, 4.69) is 15.5 Å². The summed E-state index contributed by atoms with van der Waals surface area (Å²) in [5.41, 5.74) is 4.59. The molecule has 7 heteroatoms. The number of morpholine rings is 1. The summed E-state index contributed by atoms with van der Waals surface area (Å²) in [6.07, 6.45) is 1.88. The van der Waals surface area contributed by atoms with Gasteiger partial charge in [-0.25, -0.2) is 0 Å². The predicted octanol–water partition coefficient (Wildman–Crippen LogP) is 3.81. The molecule has 144 valence electrons. The maximum absolute atomic E-state index is 12.5. The molecule has 0 saturated carbocycles. The summed E-state index contributed by atoms with van der Waals surface area (Å²) in [6.45, 7) is 3.11. The van der Waals surface area contributed by atoms with E-state index in [0.29, 0.717) is 43.4 Å². The van der Waals surface area contributed by atoms with Crippen LogP contribution in [0.1, 0.15) is 15.9 Å². The van der Waals surface area contributed by atoms with Gasteiger partial charge in [-0.1, -0.05) is 23.7 Å². The van der Waals surface area contributed by atoms with Gasteiger partial charge < -0.3 is 15.0 Å². The van der Waals surface area contributed by atoms with Crippen LogP contribution in [0, 0.1) is 0 Å². The van der Waals surface area contributed by atoms with E-state index in [-0.39, 0.29) is 5.91 Å². The number of carbonyl (C=O) groups excluding carboxylic acids is 1. The highest BCUT2D eigenvalue weighted by molar-refractivity contribution is 6.30. The zero-order valence-electron chi connectivity index (χ0n) is 15.3. The second kappa shape index (κ2) is 8.46. The number of nitrogens with one attached hydrogen (secondary N) is 2. The molecular weight excluding hydrogens is 376 g/mol. The third-order valence-corrected chi connectivity index (χ3v) is 5.00. The van der Waals surface area contributed by atoms with Gasteiger partial charge in [0.25, 0.3) is 5.91 Å². The first kappa shape index (κ1) is 18.5. The van der Waals surface area contributed by atoms with Crippen LogP contribution in [-0.2, 0) is 11.3 Å². The molecule has 4 rings (SSSR count). The van der Waals surface area contributed by atoms with E-state index in [4.69, 9.17) is 16.3 Å². The standard InChI is InChI=1S/C21H21ClN4O2/c22-18-5-1-15(2-6-18)20-17(14-24-25-20)13-23-19-7-3-16(4-8-19)21(27)26-9-11-28-12-10-26/h1-8,14,23H,9-13H2,(H,24,25).